The first-order valence-electron chi connectivity index (χ1n) is 6.51. The van der Waals surface area contributed by atoms with Crippen molar-refractivity contribution in [1.29, 1.82) is 0 Å². The van der Waals surface area contributed by atoms with Crippen LogP contribution in [0.2, 0.25) is 0 Å². The summed E-state index contributed by atoms with van der Waals surface area (Å²) in [6.07, 6.45) is 5.74. The minimum absolute atomic E-state index is 0.289. The molecule has 1 aliphatic heterocycles. The van der Waals surface area contributed by atoms with E-state index in [2.05, 4.69) is 16.9 Å². The van der Waals surface area contributed by atoms with E-state index < -0.39 is 5.97 Å². The first-order valence-corrected chi connectivity index (χ1v) is 6.51. The van der Waals surface area contributed by atoms with Gasteiger partial charge in [0.25, 0.3) is 0 Å². The van der Waals surface area contributed by atoms with E-state index in [9.17, 15) is 4.79 Å². The molecule has 3 rings (SSSR count). The summed E-state index contributed by atoms with van der Waals surface area (Å²) >= 11 is 0. The van der Waals surface area contributed by atoms with E-state index >= 15 is 0 Å². The van der Waals surface area contributed by atoms with Crippen LogP contribution in [0.25, 0.3) is 5.65 Å². The van der Waals surface area contributed by atoms with Crippen molar-refractivity contribution < 1.29 is 9.90 Å². The zero-order valence-corrected chi connectivity index (χ0v) is 10.9. The van der Waals surface area contributed by atoms with Crippen molar-refractivity contribution in [2.45, 2.75) is 12.8 Å². The highest BCUT2D eigenvalue weighted by Gasteiger charge is 2.20. The van der Waals surface area contributed by atoms with Gasteiger partial charge in [0, 0.05) is 18.9 Å². The maximum absolute atomic E-state index is 10.9. The number of carboxylic acid groups (broad SMARTS) is 1. The number of carbonyl (C=O) groups is 1. The number of imidazole rings is 1. The molecule has 1 aliphatic rings. The van der Waals surface area contributed by atoms with Gasteiger partial charge in [0.1, 0.15) is 5.65 Å². The predicted octanol–water partition coefficient (Wildman–Crippen LogP) is 1.53. The van der Waals surface area contributed by atoms with Crippen molar-refractivity contribution in [3.8, 4) is 0 Å². The molecular weight excluding hydrogens is 242 g/mol. The van der Waals surface area contributed by atoms with Crippen LogP contribution in [0.15, 0.2) is 24.5 Å². The Balaban J connectivity index is 1.83. The zero-order valence-electron chi connectivity index (χ0n) is 10.9. The maximum atomic E-state index is 10.9. The Hall–Kier alpha value is -1.88. The second kappa shape index (κ2) is 4.66. The lowest BCUT2D eigenvalue weighted by Gasteiger charge is -2.07. The van der Waals surface area contributed by atoms with Crippen LogP contribution in [0.1, 0.15) is 22.5 Å². The Morgan fingerprint density at radius 3 is 3.00 bits per heavy atom. The van der Waals surface area contributed by atoms with Crippen molar-refractivity contribution in [2.24, 2.45) is 5.92 Å². The lowest BCUT2D eigenvalue weighted by atomic mass is 10.0. The van der Waals surface area contributed by atoms with Crippen LogP contribution in [-0.4, -0.2) is 45.5 Å². The molecule has 0 bridgehead atoms. The van der Waals surface area contributed by atoms with Gasteiger partial charge in [0.05, 0.1) is 11.3 Å². The molecule has 1 saturated heterocycles. The largest absolute Gasteiger partial charge is 0.478 e. The van der Waals surface area contributed by atoms with Gasteiger partial charge in [0.15, 0.2) is 0 Å². The highest BCUT2D eigenvalue weighted by atomic mass is 16.4. The van der Waals surface area contributed by atoms with Gasteiger partial charge in [-0.15, -0.1) is 0 Å². The third kappa shape index (κ3) is 2.46. The van der Waals surface area contributed by atoms with Gasteiger partial charge in [-0.05, 0) is 44.5 Å². The number of aromatic carboxylic acids is 1. The Morgan fingerprint density at radius 1 is 1.47 bits per heavy atom. The van der Waals surface area contributed by atoms with Crippen molar-refractivity contribution in [3.05, 3.63) is 35.8 Å². The molecule has 5 heteroatoms. The Kier molecular flexibility index (Phi) is 2.98. The summed E-state index contributed by atoms with van der Waals surface area (Å²) in [4.78, 5) is 17.8. The number of hydrogen-bond donors (Lipinski definition) is 1. The molecule has 0 saturated carbocycles. The second-order valence-electron chi connectivity index (χ2n) is 5.34. The SMILES string of the molecule is CN1CCC(Cc2cn3cc(C(=O)O)ccc3n2)C1. The van der Waals surface area contributed by atoms with Crippen LogP contribution in [-0.2, 0) is 6.42 Å². The van der Waals surface area contributed by atoms with E-state index in [0.717, 1.165) is 30.9 Å². The van der Waals surface area contributed by atoms with Crippen molar-refractivity contribution >= 4 is 11.6 Å². The van der Waals surface area contributed by atoms with Crippen molar-refractivity contribution in [1.82, 2.24) is 14.3 Å². The molecule has 2 aromatic rings. The summed E-state index contributed by atoms with van der Waals surface area (Å²) in [5, 5.41) is 8.97. The molecule has 19 heavy (non-hydrogen) atoms. The molecule has 1 unspecified atom stereocenters. The number of rotatable bonds is 3. The fourth-order valence-corrected chi connectivity index (χ4v) is 2.76. The normalized spacial score (nSPS) is 20.2. The number of carboxylic acids is 1. The quantitative estimate of drug-likeness (QED) is 0.908. The second-order valence-corrected chi connectivity index (χ2v) is 5.34. The van der Waals surface area contributed by atoms with Crippen LogP contribution in [0, 0.1) is 5.92 Å². The summed E-state index contributed by atoms with van der Waals surface area (Å²) in [7, 11) is 2.14. The van der Waals surface area contributed by atoms with Gasteiger partial charge in [0.2, 0.25) is 0 Å². The van der Waals surface area contributed by atoms with E-state index in [4.69, 9.17) is 5.11 Å². The smallest absolute Gasteiger partial charge is 0.337 e. The monoisotopic (exact) mass is 259 g/mol. The average molecular weight is 259 g/mol. The molecule has 0 amide bonds. The number of pyridine rings is 1. The van der Waals surface area contributed by atoms with E-state index in [-0.39, 0.29) is 5.56 Å². The Morgan fingerprint density at radius 2 is 2.32 bits per heavy atom. The minimum Gasteiger partial charge on any atom is -0.478 e. The minimum atomic E-state index is -0.908. The molecule has 100 valence electrons. The predicted molar refractivity (Wildman–Crippen MR) is 71.5 cm³/mol. The molecule has 5 nitrogen and oxygen atoms in total. The molecular formula is C14H17N3O2. The van der Waals surface area contributed by atoms with Gasteiger partial charge < -0.3 is 14.4 Å². The van der Waals surface area contributed by atoms with E-state index in [1.807, 2.05) is 6.20 Å². The van der Waals surface area contributed by atoms with E-state index in [1.165, 1.54) is 6.42 Å². The average Bonchev–Trinajstić information content (AvgIpc) is 2.94. The van der Waals surface area contributed by atoms with Crippen molar-refractivity contribution in [3.63, 3.8) is 0 Å². The number of fused-ring (bicyclic) bond motifs is 1. The topological polar surface area (TPSA) is 57.8 Å². The van der Waals surface area contributed by atoms with E-state index in [1.54, 1.807) is 22.7 Å². The fourth-order valence-electron chi connectivity index (χ4n) is 2.76. The van der Waals surface area contributed by atoms with Crippen molar-refractivity contribution in [2.75, 3.05) is 20.1 Å². The van der Waals surface area contributed by atoms with Crippen LogP contribution in [0.5, 0.6) is 0 Å². The molecule has 1 atom stereocenters. The lowest BCUT2D eigenvalue weighted by molar-refractivity contribution is 0.0696. The maximum Gasteiger partial charge on any atom is 0.337 e. The third-order valence-corrected chi connectivity index (χ3v) is 3.73. The standard InChI is InChI=1S/C14H17N3O2/c1-16-5-4-10(7-16)6-12-9-17-8-11(14(18)19)2-3-13(17)15-12/h2-3,8-10H,4-7H2,1H3,(H,18,19). The molecule has 2 aromatic heterocycles. The zero-order chi connectivity index (χ0) is 13.4. The lowest BCUT2D eigenvalue weighted by Crippen LogP contribution is -2.15. The van der Waals surface area contributed by atoms with Gasteiger partial charge >= 0.3 is 5.97 Å². The number of nitrogens with zero attached hydrogens (tertiary/aromatic N) is 3. The first kappa shape index (κ1) is 12.2. The van der Waals surface area contributed by atoms with Gasteiger partial charge in [-0.2, -0.15) is 0 Å². The number of likely N-dealkylation sites (tertiary alicyclic amines) is 1. The summed E-state index contributed by atoms with van der Waals surface area (Å²) in [5.74, 6) is -0.247. The molecule has 0 aliphatic carbocycles. The number of aromatic nitrogens is 2. The van der Waals surface area contributed by atoms with Gasteiger partial charge in [-0.1, -0.05) is 0 Å². The Bertz CT molecular complexity index is 620. The van der Waals surface area contributed by atoms with Crippen LogP contribution < -0.4 is 0 Å². The van der Waals surface area contributed by atoms with Crippen LogP contribution >= 0.6 is 0 Å². The summed E-state index contributed by atoms with van der Waals surface area (Å²) in [6.45, 7) is 2.27. The van der Waals surface area contributed by atoms with Crippen LogP contribution in [0.4, 0.5) is 0 Å². The fraction of sp³-hybridized carbons (Fsp3) is 0.429. The third-order valence-electron chi connectivity index (χ3n) is 3.73. The summed E-state index contributed by atoms with van der Waals surface area (Å²) < 4.78 is 1.80. The van der Waals surface area contributed by atoms with Crippen LogP contribution in [0.3, 0.4) is 0 Å². The van der Waals surface area contributed by atoms with E-state index in [0.29, 0.717) is 5.92 Å². The molecule has 1 fully saturated rings. The highest BCUT2D eigenvalue weighted by molar-refractivity contribution is 5.87. The molecule has 0 aromatic carbocycles. The summed E-state index contributed by atoms with van der Waals surface area (Å²) in [5.41, 5.74) is 2.14. The number of hydrogen-bond acceptors (Lipinski definition) is 3. The summed E-state index contributed by atoms with van der Waals surface area (Å²) in [6, 6.07) is 3.35. The molecule has 1 N–H and O–H groups in total. The first-order chi connectivity index (χ1) is 9.11. The molecule has 0 radical (unpaired) electrons. The highest BCUT2D eigenvalue weighted by Crippen LogP contribution is 2.19. The Labute approximate surface area is 111 Å². The van der Waals surface area contributed by atoms with Gasteiger partial charge in [-0.3, -0.25) is 0 Å². The van der Waals surface area contributed by atoms with Gasteiger partial charge in [-0.25, -0.2) is 9.78 Å². The molecule has 3 heterocycles. The molecule has 0 spiro atoms.